The molecule has 0 spiro atoms. The number of benzene rings is 2. The van der Waals surface area contributed by atoms with Crippen molar-refractivity contribution < 1.29 is 13.9 Å². The van der Waals surface area contributed by atoms with Gasteiger partial charge >= 0.3 is 5.91 Å². The molecular formula is C24H26BrN3O3. The Labute approximate surface area is 190 Å². The van der Waals surface area contributed by atoms with E-state index in [-0.39, 0.29) is 11.3 Å². The van der Waals surface area contributed by atoms with Crippen molar-refractivity contribution in [1.82, 2.24) is 5.43 Å². The molecule has 4 rings (SSSR count). The number of halogens is 1. The van der Waals surface area contributed by atoms with Gasteiger partial charge in [0.15, 0.2) is 5.76 Å². The second kappa shape index (κ2) is 8.04. The van der Waals surface area contributed by atoms with E-state index in [4.69, 9.17) is 9.15 Å². The van der Waals surface area contributed by atoms with Crippen LogP contribution in [-0.4, -0.2) is 31.8 Å². The summed E-state index contributed by atoms with van der Waals surface area (Å²) in [5.74, 6) is 0.918. The summed E-state index contributed by atoms with van der Waals surface area (Å²) in [6.07, 6.45) is 2.67. The molecule has 1 aliphatic heterocycles. The number of nitrogens with one attached hydrogen (secondary N) is 1. The van der Waals surface area contributed by atoms with Crippen LogP contribution >= 0.6 is 15.9 Å². The Morgan fingerprint density at radius 3 is 2.84 bits per heavy atom. The summed E-state index contributed by atoms with van der Waals surface area (Å²) in [5, 5.41) is 5.00. The van der Waals surface area contributed by atoms with Gasteiger partial charge in [-0.2, -0.15) is 5.10 Å². The molecule has 0 fully saturated rings. The first kappa shape index (κ1) is 21.4. The lowest BCUT2D eigenvalue weighted by Gasteiger charge is -2.45. The summed E-state index contributed by atoms with van der Waals surface area (Å²) in [4.78, 5) is 14.8. The van der Waals surface area contributed by atoms with Gasteiger partial charge in [0.05, 0.1) is 13.3 Å². The SMILES string of the molecule is COc1cc2c(cc1/C=N/NC(=O)c1cc3cc(Br)ccc3o1)C(C)CC(C)(C)N2C. The van der Waals surface area contributed by atoms with Crippen LogP contribution in [0.15, 0.2) is 50.4 Å². The van der Waals surface area contributed by atoms with E-state index < -0.39 is 5.91 Å². The molecule has 1 aromatic heterocycles. The topological polar surface area (TPSA) is 67.1 Å². The van der Waals surface area contributed by atoms with E-state index in [1.54, 1.807) is 19.4 Å². The second-order valence-corrected chi connectivity index (χ2v) is 9.54. The summed E-state index contributed by atoms with van der Waals surface area (Å²) in [5.41, 5.74) is 6.49. The first-order valence-corrected chi connectivity index (χ1v) is 11.0. The van der Waals surface area contributed by atoms with Gasteiger partial charge in [-0.25, -0.2) is 5.43 Å². The van der Waals surface area contributed by atoms with Gasteiger partial charge in [-0.1, -0.05) is 22.9 Å². The van der Waals surface area contributed by atoms with Gasteiger partial charge in [0.25, 0.3) is 0 Å². The highest BCUT2D eigenvalue weighted by Crippen LogP contribution is 2.44. The molecule has 7 heteroatoms. The molecule has 6 nitrogen and oxygen atoms in total. The van der Waals surface area contributed by atoms with Gasteiger partial charge in [0.1, 0.15) is 11.3 Å². The number of carbonyl (C=O) groups excluding carboxylic acids is 1. The van der Waals surface area contributed by atoms with E-state index in [2.05, 4.69) is 65.2 Å². The lowest BCUT2D eigenvalue weighted by atomic mass is 9.80. The molecule has 1 amide bonds. The fourth-order valence-electron chi connectivity index (χ4n) is 4.23. The van der Waals surface area contributed by atoms with Crippen LogP contribution in [0, 0.1) is 0 Å². The average Bonchev–Trinajstić information content (AvgIpc) is 3.14. The molecule has 1 N–H and O–H groups in total. The molecule has 3 aromatic rings. The predicted octanol–water partition coefficient (Wildman–Crippen LogP) is 5.69. The summed E-state index contributed by atoms with van der Waals surface area (Å²) in [6.45, 7) is 6.74. The van der Waals surface area contributed by atoms with Gasteiger partial charge < -0.3 is 14.1 Å². The van der Waals surface area contributed by atoms with Crippen LogP contribution in [0.5, 0.6) is 5.75 Å². The van der Waals surface area contributed by atoms with E-state index in [0.717, 1.165) is 27.5 Å². The zero-order valence-corrected chi connectivity index (χ0v) is 19.9. The van der Waals surface area contributed by atoms with Crippen LogP contribution in [0.1, 0.15) is 54.8 Å². The van der Waals surface area contributed by atoms with Crippen molar-refractivity contribution in [3.05, 3.63) is 57.8 Å². The summed E-state index contributed by atoms with van der Waals surface area (Å²) < 4.78 is 12.1. The van der Waals surface area contributed by atoms with Gasteiger partial charge in [0.2, 0.25) is 0 Å². The Hall–Kier alpha value is -2.80. The van der Waals surface area contributed by atoms with Crippen LogP contribution in [0.3, 0.4) is 0 Å². The number of ether oxygens (including phenoxy) is 1. The van der Waals surface area contributed by atoms with Crippen LogP contribution in [0.25, 0.3) is 11.0 Å². The van der Waals surface area contributed by atoms with Gasteiger partial charge in [-0.05, 0) is 62.1 Å². The van der Waals surface area contributed by atoms with Gasteiger partial charge in [-0.15, -0.1) is 0 Å². The van der Waals surface area contributed by atoms with E-state index in [0.29, 0.717) is 17.3 Å². The van der Waals surface area contributed by atoms with Crippen molar-refractivity contribution in [2.45, 2.75) is 38.6 Å². The normalized spacial score (nSPS) is 17.7. The smallest absolute Gasteiger partial charge is 0.307 e. The molecule has 0 saturated heterocycles. The van der Waals surface area contributed by atoms with E-state index in [1.165, 1.54) is 5.56 Å². The third kappa shape index (κ3) is 4.06. The van der Waals surface area contributed by atoms with Crippen molar-refractivity contribution in [2.24, 2.45) is 5.10 Å². The molecule has 1 aliphatic rings. The minimum absolute atomic E-state index is 0.0726. The fraction of sp³-hybridized carbons (Fsp3) is 0.333. The molecule has 1 unspecified atom stereocenters. The number of hydrogen-bond donors (Lipinski definition) is 1. The second-order valence-electron chi connectivity index (χ2n) is 8.62. The number of amides is 1. The molecule has 0 saturated carbocycles. The van der Waals surface area contributed by atoms with E-state index in [9.17, 15) is 4.79 Å². The number of nitrogens with zero attached hydrogens (tertiary/aromatic N) is 2. The molecule has 1 atom stereocenters. The molecule has 2 aromatic carbocycles. The average molecular weight is 484 g/mol. The summed E-state index contributed by atoms with van der Waals surface area (Å²) >= 11 is 3.42. The fourth-order valence-corrected chi connectivity index (χ4v) is 4.61. The Morgan fingerprint density at radius 1 is 1.32 bits per heavy atom. The number of hydrazone groups is 1. The maximum atomic E-state index is 12.5. The van der Waals surface area contributed by atoms with Crippen LogP contribution in [0.2, 0.25) is 0 Å². The minimum atomic E-state index is -0.407. The number of carbonyl (C=O) groups is 1. The lowest BCUT2D eigenvalue weighted by Crippen LogP contribution is -2.45. The Morgan fingerprint density at radius 2 is 2.10 bits per heavy atom. The van der Waals surface area contributed by atoms with Crippen LogP contribution in [-0.2, 0) is 0 Å². The molecule has 162 valence electrons. The Bertz CT molecular complexity index is 1180. The number of fused-ring (bicyclic) bond motifs is 2. The first-order chi connectivity index (χ1) is 14.7. The van der Waals surface area contributed by atoms with Crippen molar-refractivity contribution in [1.29, 1.82) is 0 Å². The van der Waals surface area contributed by atoms with Crippen molar-refractivity contribution in [2.75, 3.05) is 19.1 Å². The highest BCUT2D eigenvalue weighted by Gasteiger charge is 2.34. The number of furan rings is 1. The number of rotatable bonds is 4. The minimum Gasteiger partial charge on any atom is -0.496 e. The maximum Gasteiger partial charge on any atom is 0.307 e. The third-order valence-electron chi connectivity index (χ3n) is 6.06. The van der Waals surface area contributed by atoms with Crippen molar-refractivity contribution in [3.8, 4) is 5.75 Å². The summed E-state index contributed by atoms with van der Waals surface area (Å²) in [6, 6.07) is 11.4. The summed E-state index contributed by atoms with van der Waals surface area (Å²) in [7, 11) is 3.76. The lowest BCUT2D eigenvalue weighted by molar-refractivity contribution is 0.0929. The zero-order chi connectivity index (χ0) is 22.3. The van der Waals surface area contributed by atoms with Gasteiger partial charge in [-0.3, -0.25) is 4.79 Å². The highest BCUT2D eigenvalue weighted by atomic mass is 79.9. The highest BCUT2D eigenvalue weighted by molar-refractivity contribution is 9.10. The monoisotopic (exact) mass is 483 g/mol. The molecule has 0 radical (unpaired) electrons. The molecule has 31 heavy (non-hydrogen) atoms. The van der Waals surface area contributed by atoms with E-state index >= 15 is 0 Å². The molecule has 2 heterocycles. The molecule has 0 aliphatic carbocycles. The Balaban J connectivity index is 1.57. The largest absolute Gasteiger partial charge is 0.496 e. The Kier molecular flexibility index (Phi) is 5.56. The number of methoxy groups -OCH3 is 1. The first-order valence-electron chi connectivity index (χ1n) is 10.2. The maximum absolute atomic E-state index is 12.5. The number of hydrogen-bond acceptors (Lipinski definition) is 5. The quantitative estimate of drug-likeness (QED) is 0.382. The molecular weight excluding hydrogens is 458 g/mol. The van der Waals surface area contributed by atoms with Crippen LogP contribution < -0.4 is 15.1 Å². The molecule has 0 bridgehead atoms. The predicted molar refractivity (Wildman–Crippen MR) is 127 cm³/mol. The third-order valence-corrected chi connectivity index (χ3v) is 6.55. The number of anilines is 1. The van der Waals surface area contributed by atoms with Crippen LogP contribution in [0.4, 0.5) is 5.69 Å². The van der Waals surface area contributed by atoms with Gasteiger partial charge in [0, 0.05) is 39.8 Å². The van der Waals surface area contributed by atoms with Crippen molar-refractivity contribution >= 4 is 44.7 Å². The van der Waals surface area contributed by atoms with Crippen molar-refractivity contribution in [3.63, 3.8) is 0 Å². The standard InChI is InChI=1S/C24H26BrN3O3/c1-14-12-24(2,3)28(4)19-11-21(30-5)16(9-18(14)19)13-26-27-23(29)22-10-15-8-17(25)6-7-20(15)31-22/h6-11,13-14H,12H2,1-5H3,(H,27,29)/b26-13+. The zero-order valence-electron chi connectivity index (χ0n) is 18.3. The van der Waals surface area contributed by atoms with E-state index in [1.807, 2.05) is 24.3 Å².